The molecule has 0 N–H and O–H groups in total. The second-order valence-electron chi connectivity index (χ2n) is 2.60. The standard InChI is InChI=1S/C8H3F2I3O3/c9-8(10,7(14)15)16-6-4(12)1-3(11)2-5(6)13/h1-2H,(H,14,15)/p-1. The summed E-state index contributed by atoms with van der Waals surface area (Å²) in [6.45, 7) is 0. The number of benzene rings is 1. The van der Waals surface area contributed by atoms with E-state index in [0.29, 0.717) is 7.14 Å². The van der Waals surface area contributed by atoms with Gasteiger partial charge in [0.25, 0.3) is 0 Å². The summed E-state index contributed by atoms with van der Waals surface area (Å²) in [5.41, 5.74) is 0. The third-order valence-electron chi connectivity index (χ3n) is 1.43. The lowest BCUT2D eigenvalue weighted by atomic mass is 10.3. The van der Waals surface area contributed by atoms with Gasteiger partial charge in [0, 0.05) is 3.57 Å². The predicted molar refractivity (Wildman–Crippen MR) is 75.2 cm³/mol. The fourth-order valence-corrected chi connectivity index (χ4v) is 4.60. The first-order valence-corrected chi connectivity index (χ1v) is 6.90. The quantitative estimate of drug-likeness (QED) is 0.530. The lowest BCUT2D eigenvalue weighted by Crippen LogP contribution is -2.46. The average Bonchev–Trinajstić information content (AvgIpc) is 2.11. The third kappa shape index (κ3) is 3.51. The van der Waals surface area contributed by atoms with Crippen molar-refractivity contribution in [1.82, 2.24) is 0 Å². The molecule has 0 bridgehead atoms. The Balaban J connectivity index is 3.11. The molecule has 0 spiro atoms. The number of aliphatic carboxylic acids is 1. The van der Waals surface area contributed by atoms with Gasteiger partial charge in [-0.25, -0.2) is 0 Å². The van der Waals surface area contributed by atoms with E-state index in [1.54, 1.807) is 57.3 Å². The molecule has 0 radical (unpaired) electrons. The molecule has 0 unspecified atom stereocenters. The molecule has 0 heterocycles. The van der Waals surface area contributed by atoms with Crippen molar-refractivity contribution in [2.75, 3.05) is 0 Å². The minimum Gasteiger partial charge on any atom is -0.541 e. The summed E-state index contributed by atoms with van der Waals surface area (Å²) in [4.78, 5) is 10.1. The molecular formula is C8H2F2I3O3-. The minimum atomic E-state index is -4.33. The molecule has 0 atom stereocenters. The van der Waals surface area contributed by atoms with Gasteiger partial charge in [-0.05, 0) is 79.9 Å². The molecule has 0 saturated heterocycles. The van der Waals surface area contributed by atoms with Crippen LogP contribution in [0.25, 0.3) is 0 Å². The minimum absolute atomic E-state index is 0.157. The number of carbonyl (C=O) groups excluding carboxylic acids is 1. The Kier molecular flexibility index (Phi) is 4.98. The van der Waals surface area contributed by atoms with Gasteiger partial charge in [-0.3, -0.25) is 0 Å². The van der Waals surface area contributed by atoms with Gasteiger partial charge in [0.1, 0.15) is 0 Å². The van der Waals surface area contributed by atoms with Crippen LogP contribution < -0.4 is 9.84 Å². The summed E-state index contributed by atoms with van der Waals surface area (Å²) in [7, 11) is 0. The predicted octanol–water partition coefficient (Wildman–Crippen LogP) is 2.22. The largest absolute Gasteiger partial charge is 0.541 e. The number of ether oxygens (including phenoxy) is 1. The summed E-state index contributed by atoms with van der Waals surface area (Å²) in [5.74, 6) is -2.71. The number of hydrogen-bond acceptors (Lipinski definition) is 3. The van der Waals surface area contributed by atoms with Gasteiger partial charge in [-0.1, -0.05) is 0 Å². The van der Waals surface area contributed by atoms with Crippen molar-refractivity contribution < 1.29 is 23.4 Å². The van der Waals surface area contributed by atoms with E-state index in [1.165, 1.54) is 0 Å². The number of rotatable bonds is 3. The van der Waals surface area contributed by atoms with E-state index in [4.69, 9.17) is 0 Å². The maximum absolute atomic E-state index is 12.8. The van der Waals surface area contributed by atoms with E-state index < -0.39 is 12.1 Å². The van der Waals surface area contributed by atoms with Crippen molar-refractivity contribution in [2.24, 2.45) is 0 Å². The summed E-state index contributed by atoms with van der Waals surface area (Å²) in [6, 6.07) is 3.20. The molecule has 0 aliphatic heterocycles. The van der Waals surface area contributed by atoms with Crippen LogP contribution in [0.2, 0.25) is 0 Å². The molecule has 16 heavy (non-hydrogen) atoms. The smallest absolute Gasteiger partial charge is 0.441 e. The molecule has 88 valence electrons. The maximum Gasteiger partial charge on any atom is 0.441 e. The fraction of sp³-hybridized carbons (Fsp3) is 0.125. The van der Waals surface area contributed by atoms with Crippen molar-refractivity contribution in [3.63, 3.8) is 0 Å². The number of hydrogen-bond donors (Lipinski definition) is 0. The van der Waals surface area contributed by atoms with Crippen LogP contribution in [-0.2, 0) is 4.79 Å². The van der Waals surface area contributed by atoms with Crippen LogP contribution in [0.15, 0.2) is 12.1 Å². The molecule has 3 nitrogen and oxygen atoms in total. The highest BCUT2D eigenvalue weighted by molar-refractivity contribution is 14.1. The molecule has 1 rings (SSSR count). The molecule has 0 amide bonds. The zero-order chi connectivity index (χ0) is 12.5. The highest BCUT2D eigenvalue weighted by atomic mass is 127. The Hall–Kier alpha value is 0.540. The zero-order valence-electron chi connectivity index (χ0n) is 7.27. The van der Waals surface area contributed by atoms with Gasteiger partial charge in [0.05, 0.1) is 7.14 Å². The van der Waals surface area contributed by atoms with E-state index in [0.717, 1.165) is 3.57 Å². The number of alkyl halides is 2. The Morgan fingerprint density at radius 1 is 1.25 bits per heavy atom. The van der Waals surface area contributed by atoms with Crippen molar-refractivity contribution >= 4 is 73.7 Å². The SMILES string of the molecule is O=C([O-])C(F)(F)Oc1c(I)cc(I)cc1I. The molecular weight excluding hydrogens is 563 g/mol. The molecule has 0 saturated carbocycles. The molecule has 8 heteroatoms. The fourth-order valence-electron chi connectivity index (χ4n) is 0.796. The van der Waals surface area contributed by atoms with Gasteiger partial charge in [-0.15, -0.1) is 0 Å². The molecule has 0 aliphatic carbocycles. The first-order chi connectivity index (χ1) is 7.24. The van der Waals surface area contributed by atoms with E-state index in [2.05, 4.69) is 4.74 Å². The van der Waals surface area contributed by atoms with Crippen LogP contribution in [0.4, 0.5) is 8.78 Å². The molecule has 0 aliphatic rings. The molecule has 0 fully saturated rings. The van der Waals surface area contributed by atoms with E-state index in [9.17, 15) is 18.7 Å². The van der Waals surface area contributed by atoms with Crippen molar-refractivity contribution in [1.29, 1.82) is 0 Å². The second kappa shape index (κ2) is 5.46. The van der Waals surface area contributed by atoms with E-state index >= 15 is 0 Å². The number of carboxylic acid groups (broad SMARTS) is 1. The molecule has 1 aromatic rings. The highest BCUT2D eigenvalue weighted by Gasteiger charge is 2.35. The topological polar surface area (TPSA) is 49.4 Å². The second-order valence-corrected chi connectivity index (χ2v) is 6.17. The number of halogens is 5. The van der Waals surface area contributed by atoms with Gasteiger partial charge in [-0.2, -0.15) is 8.78 Å². The van der Waals surface area contributed by atoms with Gasteiger partial charge < -0.3 is 14.6 Å². The van der Waals surface area contributed by atoms with Crippen LogP contribution in [0, 0.1) is 10.7 Å². The van der Waals surface area contributed by atoms with Crippen molar-refractivity contribution in [3.8, 4) is 5.75 Å². The summed E-state index contributed by atoms with van der Waals surface area (Å²) in [6.07, 6.45) is -4.33. The lowest BCUT2D eigenvalue weighted by Gasteiger charge is -2.20. The lowest BCUT2D eigenvalue weighted by molar-refractivity contribution is -0.350. The summed E-state index contributed by atoms with van der Waals surface area (Å²) < 4.78 is 31.4. The van der Waals surface area contributed by atoms with Gasteiger partial charge in [0.2, 0.25) is 0 Å². The van der Waals surface area contributed by atoms with E-state index in [1.807, 2.05) is 22.6 Å². The van der Waals surface area contributed by atoms with Crippen molar-refractivity contribution in [2.45, 2.75) is 6.11 Å². The highest BCUT2D eigenvalue weighted by Crippen LogP contribution is 2.33. The molecule has 0 aromatic heterocycles. The number of carbonyl (C=O) groups is 1. The van der Waals surface area contributed by atoms with Crippen LogP contribution in [0.1, 0.15) is 0 Å². The Bertz CT molecular complexity index is 414. The zero-order valence-corrected chi connectivity index (χ0v) is 13.7. The summed E-state index contributed by atoms with van der Waals surface area (Å²) in [5, 5.41) is 10.1. The Morgan fingerprint density at radius 2 is 1.69 bits per heavy atom. The van der Waals surface area contributed by atoms with Crippen LogP contribution in [-0.4, -0.2) is 12.1 Å². The Labute approximate surface area is 130 Å². The van der Waals surface area contributed by atoms with E-state index in [-0.39, 0.29) is 5.75 Å². The first-order valence-electron chi connectivity index (χ1n) is 3.67. The Morgan fingerprint density at radius 3 is 2.06 bits per heavy atom. The van der Waals surface area contributed by atoms with Crippen LogP contribution >= 0.6 is 67.8 Å². The van der Waals surface area contributed by atoms with Crippen LogP contribution in [0.3, 0.4) is 0 Å². The van der Waals surface area contributed by atoms with Crippen molar-refractivity contribution in [3.05, 3.63) is 22.8 Å². The van der Waals surface area contributed by atoms with Crippen LogP contribution in [0.5, 0.6) is 5.75 Å². The molecule has 1 aromatic carbocycles. The van der Waals surface area contributed by atoms with Gasteiger partial charge >= 0.3 is 6.11 Å². The number of carboxylic acids is 1. The average molecular weight is 565 g/mol. The summed E-state index contributed by atoms with van der Waals surface area (Å²) >= 11 is 5.60. The van der Waals surface area contributed by atoms with Gasteiger partial charge in [0.15, 0.2) is 11.7 Å². The third-order valence-corrected chi connectivity index (χ3v) is 3.66. The normalized spacial score (nSPS) is 11.3. The maximum atomic E-state index is 12.8. The monoisotopic (exact) mass is 565 g/mol. The first kappa shape index (κ1) is 14.6.